The minimum atomic E-state index is -4.40. The van der Waals surface area contributed by atoms with Gasteiger partial charge in [0.05, 0.1) is 22.5 Å². The van der Waals surface area contributed by atoms with Gasteiger partial charge in [0, 0.05) is 4.88 Å². The number of alkyl halides is 3. The molecule has 1 N–H and O–H groups in total. The number of nitrogens with one attached hydrogen (secondary N) is 1. The fourth-order valence-electron chi connectivity index (χ4n) is 3.30. The molecule has 4 aromatic rings. The topological polar surface area (TPSA) is 63.6 Å². The van der Waals surface area contributed by atoms with E-state index in [9.17, 15) is 18.0 Å². The number of nitrogens with zero attached hydrogens (tertiary/aromatic N) is 3. The van der Waals surface area contributed by atoms with Gasteiger partial charge in [-0.15, -0.1) is 11.3 Å². The van der Waals surface area contributed by atoms with Crippen molar-refractivity contribution in [1.29, 1.82) is 0 Å². The fourth-order valence-corrected chi connectivity index (χ4v) is 5.28. The molecule has 5 nitrogen and oxygen atoms in total. The first-order chi connectivity index (χ1) is 14.6. The second-order valence-electron chi connectivity index (χ2n) is 7.17. The van der Waals surface area contributed by atoms with Crippen molar-refractivity contribution in [2.45, 2.75) is 43.9 Å². The Kier molecular flexibility index (Phi) is 5.69. The highest BCUT2D eigenvalue weighted by Gasteiger charge is 2.31. The van der Waals surface area contributed by atoms with Crippen LogP contribution in [-0.4, -0.2) is 25.7 Å². The van der Waals surface area contributed by atoms with Gasteiger partial charge in [0.2, 0.25) is 0 Å². The molecule has 0 aliphatic heterocycles. The van der Waals surface area contributed by atoms with E-state index >= 15 is 0 Å². The number of thioether (sulfide) groups is 1. The lowest BCUT2D eigenvalue weighted by Crippen LogP contribution is -2.19. The zero-order valence-corrected chi connectivity index (χ0v) is 18.6. The highest BCUT2D eigenvalue weighted by atomic mass is 32.2. The van der Waals surface area contributed by atoms with Crippen molar-refractivity contribution in [3.63, 3.8) is 0 Å². The molecule has 1 unspecified atom stereocenters. The summed E-state index contributed by atoms with van der Waals surface area (Å²) in [5, 5.41) is 0.371. The van der Waals surface area contributed by atoms with Crippen molar-refractivity contribution in [1.82, 2.24) is 19.5 Å². The first kappa shape index (κ1) is 21.6. The number of aromatic amines is 1. The van der Waals surface area contributed by atoms with Crippen molar-refractivity contribution < 1.29 is 13.2 Å². The summed E-state index contributed by atoms with van der Waals surface area (Å²) in [6.07, 6.45) is -2.96. The average molecular weight is 465 g/mol. The lowest BCUT2D eigenvalue weighted by Gasteiger charge is -2.16. The third kappa shape index (κ3) is 4.40. The zero-order valence-electron chi connectivity index (χ0n) is 16.9. The second-order valence-corrected chi connectivity index (χ2v) is 9.68. The molecule has 0 aliphatic rings. The van der Waals surface area contributed by atoms with Crippen molar-refractivity contribution >= 4 is 33.3 Å². The summed E-state index contributed by atoms with van der Waals surface area (Å²) in [7, 11) is 0. The minimum Gasteiger partial charge on any atom is -0.310 e. The maximum Gasteiger partial charge on any atom is 0.406 e. The molecule has 0 saturated heterocycles. The molecule has 0 spiro atoms. The van der Waals surface area contributed by atoms with Crippen LogP contribution in [0.4, 0.5) is 13.2 Å². The van der Waals surface area contributed by atoms with Crippen LogP contribution in [0.15, 0.2) is 46.5 Å². The normalized spacial score (nSPS) is 13.1. The SMILES string of the molecule is Cc1sc2nc(C(C)Sc3ncc(-c4ccccc4)n3CC(F)(F)F)[nH]c(=O)c2c1C. The zero-order chi connectivity index (χ0) is 22.3. The molecular formula is C21H19F3N4OS2. The second kappa shape index (κ2) is 8.16. The van der Waals surface area contributed by atoms with Crippen LogP contribution in [0.2, 0.25) is 0 Å². The smallest absolute Gasteiger partial charge is 0.310 e. The highest BCUT2D eigenvalue weighted by Crippen LogP contribution is 2.37. The predicted molar refractivity (Wildman–Crippen MR) is 118 cm³/mol. The number of aromatic nitrogens is 4. The van der Waals surface area contributed by atoms with Crippen molar-refractivity contribution in [2.24, 2.45) is 0 Å². The third-order valence-corrected chi connectivity index (χ3v) is 7.17. The van der Waals surface area contributed by atoms with Gasteiger partial charge in [-0.25, -0.2) is 9.97 Å². The first-order valence-corrected chi connectivity index (χ1v) is 11.2. The molecule has 0 radical (unpaired) electrons. The van der Waals surface area contributed by atoms with E-state index in [0.717, 1.165) is 26.8 Å². The van der Waals surface area contributed by atoms with E-state index in [2.05, 4.69) is 15.0 Å². The number of fused-ring (bicyclic) bond motifs is 1. The quantitative estimate of drug-likeness (QED) is 0.375. The maximum absolute atomic E-state index is 13.3. The van der Waals surface area contributed by atoms with E-state index in [0.29, 0.717) is 27.3 Å². The Bertz CT molecular complexity index is 1290. The van der Waals surface area contributed by atoms with Crippen molar-refractivity contribution in [3.05, 3.63) is 63.1 Å². The highest BCUT2D eigenvalue weighted by molar-refractivity contribution is 7.99. The molecule has 1 atom stereocenters. The lowest BCUT2D eigenvalue weighted by molar-refractivity contribution is -0.141. The van der Waals surface area contributed by atoms with Gasteiger partial charge < -0.3 is 9.55 Å². The molecule has 162 valence electrons. The molecule has 0 amide bonds. The monoisotopic (exact) mass is 464 g/mol. The Morgan fingerprint density at radius 3 is 2.61 bits per heavy atom. The van der Waals surface area contributed by atoms with Crippen LogP contribution in [0.3, 0.4) is 0 Å². The number of rotatable bonds is 5. The Balaban J connectivity index is 1.71. The third-order valence-electron chi connectivity index (χ3n) is 4.95. The summed E-state index contributed by atoms with van der Waals surface area (Å²) in [4.78, 5) is 25.8. The number of hydrogen-bond acceptors (Lipinski definition) is 5. The van der Waals surface area contributed by atoms with Crippen LogP contribution in [0.1, 0.15) is 28.4 Å². The van der Waals surface area contributed by atoms with Crippen LogP contribution >= 0.6 is 23.1 Å². The Morgan fingerprint density at radius 1 is 1.23 bits per heavy atom. The van der Waals surface area contributed by atoms with Crippen LogP contribution in [-0.2, 0) is 6.54 Å². The van der Waals surface area contributed by atoms with E-state index in [1.165, 1.54) is 17.5 Å². The van der Waals surface area contributed by atoms with Crippen LogP contribution in [0, 0.1) is 13.8 Å². The van der Waals surface area contributed by atoms with E-state index < -0.39 is 18.0 Å². The molecule has 0 aliphatic carbocycles. The number of benzene rings is 1. The van der Waals surface area contributed by atoms with Gasteiger partial charge in [0.15, 0.2) is 5.16 Å². The summed E-state index contributed by atoms with van der Waals surface area (Å²) < 4.78 is 41.1. The average Bonchev–Trinajstić information content (AvgIpc) is 3.21. The van der Waals surface area contributed by atoms with Gasteiger partial charge in [-0.3, -0.25) is 4.79 Å². The lowest BCUT2D eigenvalue weighted by atomic mass is 10.2. The molecule has 31 heavy (non-hydrogen) atoms. The molecular weight excluding hydrogens is 445 g/mol. The Hall–Kier alpha value is -2.59. The van der Waals surface area contributed by atoms with Gasteiger partial charge in [-0.05, 0) is 31.9 Å². The molecule has 0 bridgehead atoms. The van der Waals surface area contributed by atoms with Crippen molar-refractivity contribution in [2.75, 3.05) is 0 Å². The maximum atomic E-state index is 13.3. The predicted octanol–water partition coefficient (Wildman–Crippen LogP) is 5.88. The van der Waals surface area contributed by atoms with E-state index in [-0.39, 0.29) is 10.7 Å². The molecule has 3 aromatic heterocycles. The van der Waals surface area contributed by atoms with Gasteiger partial charge in [0.25, 0.3) is 5.56 Å². The summed E-state index contributed by atoms with van der Waals surface area (Å²) in [5.41, 5.74) is 1.69. The molecule has 3 heterocycles. The number of halogens is 3. The van der Waals surface area contributed by atoms with E-state index in [1.807, 2.05) is 13.8 Å². The molecule has 0 fully saturated rings. The van der Waals surface area contributed by atoms with E-state index in [4.69, 9.17) is 0 Å². The minimum absolute atomic E-state index is 0.213. The van der Waals surface area contributed by atoms with Crippen molar-refractivity contribution in [3.8, 4) is 11.3 Å². The molecule has 0 saturated carbocycles. The van der Waals surface area contributed by atoms with Crippen LogP contribution in [0.5, 0.6) is 0 Å². The largest absolute Gasteiger partial charge is 0.406 e. The number of thiophene rings is 1. The van der Waals surface area contributed by atoms with Gasteiger partial charge in [-0.2, -0.15) is 13.2 Å². The number of H-pyrrole nitrogens is 1. The van der Waals surface area contributed by atoms with Gasteiger partial charge in [0.1, 0.15) is 17.2 Å². The fraction of sp³-hybridized carbons (Fsp3) is 0.286. The Labute approximate surface area is 184 Å². The first-order valence-electron chi connectivity index (χ1n) is 9.48. The summed E-state index contributed by atoms with van der Waals surface area (Å²) in [6.45, 7) is 4.44. The summed E-state index contributed by atoms with van der Waals surface area (Å²) >= 11 is 2.56. The summed E-state index contributed by atoms with van der Waals surface area (Å²) in [6, 6.07) is 8.83. The molecule has 1 aromatic carbocycles. The number of hydrogen-bond donors (Lipinski definition) is 1. The van der Waals surface area contributed by atoms with Gasteiger partial charge in [-0.1, -0.05) is 42.1 Å². The van der Waals surface area contributed by atoms with E-state index in [1.54, 1.807) is 37.3 Å². The van der Waals surface area contributed by atoms with Crippen LogP contribution in [0.25, 0.3) is 21.5 Å². The summed E-state index contributed by atoms with van der Waals surface area (Å²) in [5.74, 6) is 0.409. The molecule has 4 rings (SSSR count). The molecule has 10 heteroatoms. The van der Waals surface area contributed by atoms with Gasteiger partial charge >= 0.3 is 6.18 Å². The number of imidazole rings is 1. The standard InChI is InChI=1S/C21H19F3N4OS2/c1-11-12(2)30-19-16(11)18(29)26-17(27-19)13(3)31-20-25-9-15(14-7-5-4-6-8-14)28(20)10-21(22,23)24/h4-9,13H,10H2,1-3H3,(H,26,27,29). The van der Waals surface area contributed by atoms with Crippen LogP contribution < -0.4 is 5.56 Å². The number of aryl methyl sites for hydroxylation is 2. The Morgan fingerprint density at radius 2 is 1.94 bits per heavy atom.